The van der Waals surface area contributed by atoms with Crippen LogP contribution in [-0.2, 0) is 9.47 Å². The summed E-state index contributed by atoms with van der Waals surface area (Å²) in [7, 11) is 1.73. The zero-order chi connectivity index (χ0) is 12.7. The zero-order valence-corrected chi connectivity index (χ0v) is 11.6. The van der Waals surface area contributed by atoms with E-state index < -0.39 is 0 Å². The second-order valence-corrected chi connectivity index (χ2v) is 5.68. The van der Waals surface area contributed by atoms with Gasteiger partial charge in [0.05, 0.1) is 17.8 Å². The van der Waals surface area contributed by atoms with Gasteiger partial charge >= 0.3 is 0 Å². The second-order valence-electron chi connectivity index (χ2n) is 5.68. The number of methoxy groups -OCH3 is 1. The molecule has 0 heterocycles. The number of hydrogen-bond acceptors (Lipinski definition) is 3. The molecule has 17 heavy (non-hydrogen) atoms. The first-order chi connectivity index (χ1) is 8.05. The predicted octanol–water partition coefficient (Wildman–Crippen LogP) is 2.90. The van der Waals surface area contributed by atoms with Crippen LogP contribution in [0.2, 0.25) is 0 Å². The summed E-state index contributed by atoms with van der Waals surface area (Å²) in [4.78, 5) is 0. The lowest BCUT2D eigenvalue weighted by Crippen LogP contribution is -2.32. The van der Waals surface area contributed by atoms with Crippen molar-refractivity contribution < 1.29 is 14.6 Å². The van der Waals surface area contributed by atoms with Crippen LogP contribution in [0.5, 0.6) is 0 Å². The average molecular weight is 244 g/mol. The standard InChI is InChI=1S/C14H28O3/c1-14(2,16-3)10-11-17-13-9-7-5-4-6-8-12(13)15/h12-13,15H,4-11H2,1-3H3. The van der Waals surface area contributed by atoms with E-state index in [0.717, 1.165) is 25.7 Å². The van der Waals surface area contributed by atoms with Crippen molar-refractivity contribution in [1.29, 1.82) is 0 Å². The molecule has 0 aliphatic heterocycles. The lowest BCUT2D eigenvalue weighted by molar-refractivity contribution is -0.0720. The summed E-state index contributed by atoms with van der Waals surface area (Å²) in [5.41, 5.74) is -0.132. The normalized spacial score (nSPS) is 27.5. The Hall–Kier alpha value is -0.120. The third-order valence-corrected chi connectivity index (χ3v) is 3.76. The first kappa shape index (κ1) is 14.9. The lowest BCUT2D eigenvalue weighted by atomic mass is 9.96. The molecule has 1 aliphatic rings. The van der Waals surface area contributed by atoms with Gasteiger partial charge < -0.3 is 14.6 Å². The Balaban J connectivity index is 2.27. The molecule has 1 N–H and O–H groups in total. The minimum absolute atomic E-state index is 0.0305. The first-order valence-corrected chi connectivity index (χ1v) is 6.90. The Morgan fingerprint density at radius 3 is 2.41 bits per heavy atom. The summed E-state index contributed by atoms with van der Waals surface area (Å²) in [5, 5.41) is 10.0. The molecular weight excluding hydrogens is 216 g/mol. The van der Waals surface area contributed by atoms with Crippen LogP contribution >= 0.6 is 0 Å². The topological polar surface area (TPSA) is 38.7 Å². The van der Waals surface area contributed by atoms with E-state index in [-0.39, 0.29) is 17.8 Å². The largest absolute Gasteiger partial charge is 0.390 e. The Labute approximate surface area is 105 Å². The van der Waals surface area contributed by atoms with Gasteiger partial charge in [0.15, 0.2) is 0 Å². The monoisotopic (exact) mass is 244 g/mol. The summed E-state index contributed by atoms with van der Waals surface area (Å²) in [6.45, 7) is 4.79. The van der Waals surface area contributed by atoms with Crippen molar-refractivity contribution in [3.8, 4) is 0 Å². The molecular formula is C14H28O3. The highest BCUT2D eigenvalue weighted by molar-refractivity contribution is 4.73. The van der Waals surface area contributed by atoms with E-state index in [1.165, 1.54) is 19.3 Å². The zero-order valence-electron chi connectivity index (χ0n) is 11.6. The van der Waals surface area contributed by atoms with E-state index in [0.29, 0.717) is 6.61 Å². The molecule has 1 saturated carbocycles. The van der Waals surface area contributed by atoms with Crippen LogP contribution in [0.4, 0.5) is 0 Å². The fourth-order valence-corrected chi connectivity index (χ4v) is 2.18. The third kappa shape index (κ3) is 5.84. The van der Waals surface area contributed by atoms with E-state index in [1.807, 2.05) is 0 Å². The van der Waals surface area contributed by atoms with Gasteiger partial charge in [-0.15, -0.1) is 0 Å². The lowest BCUT2D eigenvalue weighted by Gasteiger charge is -2.28. The van der Waals surface area contributed by atoms with E-state index in [1.54, 1.807) is 7.11 Å². The van der Waals surface area contributed by atoms with Crippen molar-refractivity contribution in [3.05, 3.63) is 0 Å². The highest BCUT2D eigenvalue weighted by Gasteiger charge is 2.23. The van der Waals surface area contributed by atoms with Gasteiger partial charge in [-0.3, -0.25) is 0 Å². The molecule has 0 radical (unpaired) electrons. The summed E-state index contributed by atoms with van der Waals surface area (Å²) in [5.74, 6) is 0. The van der Waals surface area contributed by atoms with Gasteiger partial charge in [0.25, 0.3) is 0 Å². The molecule has 1 rings (SSSR count). The molecule has 0 spiro atoms. The molecule has 0 aromatic carbocycles. The highest BCUT2D eigenvalue weighted by atomic mass is 16.5. The van der Waals surface area contributed by atoms with Crippen LogP contribution < -0.4 is 0 Å². The van der Waals surface area contributed by atoms with Gasteiger partial charge in [-0.1, -0.05) is 25.7 Å². The van der Waals surface area contributed by atoms with Crippen LogP contribution in [0.1, 0.15) is 58.8 Å². The number of aliphatic hydroxyl groups is 1. The molecule has 0 aromatic heterocycles. The van der Waals surface area contributed by atoms with E-state index in [2.05, 4.69) is 13.8 Å². The van der Waals surface area contributed by atoms with Crippen LogP contribution in [-0.4, -0.2) is 36.6 Å². The summed E-state index contributed by atoms with van der Waals surface area (Å²) >= 11 is 0. The van der Waals surface area contributed by atoms with E-state index in [4.69, 9.17) is 9.47 Å². The van der Waals surface area contributed by atoms with Crippen molar-refractivity contribution in [2.45, 2.75) is 76.6 Å². The van der Waals surface area contributed by atoms with E-state index >= 15 is 0 Å². The highest BCUT2D eigenvalue weighted by Crippen LogP contribution is 2.21. The SMILES string of the molecule is COC(C)(C)CCOC1CCCCCCC1O. The third-order valence-electron chi connectivity index (χ3n) is 3.76. The molecule has 1 aliphatic carbocycles. The molecule has 2 unspecified atom stereocenters. The molecule has 0 bridgehead atoms. The average Bonchev–Trinajstić information content (AvgIpc) is 2.28. The number of aliphatic hydroxyl groups excluding tert-OH is 1. The van der Waals surface area contributed by atoms with Crippen molar-refractivity contribution in [3.63, 3.8) is 0 Å². The summed E-state index contributed by atoms with van der Waals surface area (Å²) in [6, 6.07) is 0. The van der Waals surface area contributed by atoms with Gasteiger partial charge in [-0.2, -0.15) is 0 Å². The minimum Gasteiger partial charge on any atom is -0.390 e. The minimum atomic E-state index is -0.277. The first-order valence-electron chi connectivity index (χ1n) is 6.90. The maximum absolute atomic E-state index is 10.0. The smallest absolute Gasteiger partial charge is 0.0833 e. The van der Waals surface area contributed by atoms with Crippen molar-refractivity contribution in [2.75, 3.05) is 13.7 Å². The fourth-order valence-electron chi connectivity index (χ4n) is 2.18. The van der Waals surface area contributed by atoms with Crippen molar-refractivity contribution in [1.82, 2.24) is 0 Å². The Kier molecular flexibility index (Phi) is 6.45. The quantitative estimate of drug-likeness (QED) is 0.808. The molecule has 0 amide bonds. The second kappa shape index (κ2) is 7.34. The van der Waals surface area contributed by atoms with Gasteiger partial charge in [0, 0.05) is 13.7 Å². The molecule has 0 saturated heterocycles. The number of ether oxygens (including phenoxy) is 2. The number of rotatable bonds is 5. The summed E-state index contributed by atoms with van der Waals surface area (Å²) < 4.78 is 11.2. The van der Waals surface area contributed by atoms with Crippen LogP contribution in [0.15, 0.2) is 0 Å². The van der Waals surface area contributed by atoms with Gasteiger partial charge in [-0.05, 0) is 33.1 Å². The van der Waals surface area contributed by atoms with E-state index in [9.17, 15) is 5.11 Å². The van der Waals surface area contributed by atoms with Gasteiger partial charge in [0.1, 0.15) is 0 Å². The Bertz CT molecular complexity index is 204. The van der Waals surface area contributed by atoms with Gasteiger partial charge in [0.2, 0.25) is 0 Å². The summed E-state index contributed by atoms with van der Waals surface area (Å²) in [6.07, 6.45) is 7.33. The molecule has 102 valence electrons. The fraction of sp³-hybridized carbons (Fsp3) is 1.00. The molecule has 3 heteroatoms. The predicted molar refractivity (Wildman–Crippen MR) is 69.2 cm³/mol. The van der Waals surface area contributed by atoms with Crippen LogP contribution in [0.3, 0.4) is 0 Å². The number of hydrogen-bond donors (Lipinski definition) is 1. The van der Waals surface area contributed by atoms with Crippen LogP contribution in [0.25, 0.3) is 0 Å². The van der Waals surface area contributed by atoms with Crippen molar-refractivity contribution >= 4 is 0 Å². The molecule has 3 nitrogen and oxygen atoms in total. The van der Waals surface area contributed by atoms with Crippen molar-refractivity contribution in [2.24, 2.45) is 0 Å². The Morgan fingerprint density at radius 2 is 1.76 bits per heavy atom. The molecule has 1 fully saturated rings. The molecule has 0 aromatic rings. The maximum Gasteiger partial charge on any atom is 0.0833 e. The Morgan fingerprint density at radius 1 is 1.12 bits per heavy atom. The molecule has 2 atom stereocenters. The van der Waals surface area contributed by atoms with Crippen LogP contribution in [0, 0.1) is 0 Å². The maximum atomic E-state index is 10.0. The van der Waals surface area contributed by atoms with Gasteiger partial charge in [-0.25, -0.2) is 0 Å².